The summed E-state index contributed by atoms with van der Waals surface area (Å²) in [6, 6.07) is 0. The van der Waals surface area contributed by atoms with Crippen LogP contribution in [0.5, 0.6) is 0 Å². The third kappa shape index (κ3) is 2.99. The number of rotatable bonds is 3. The molecule has 0 aromatic carbocycles. The number of hydrogen-bond acceptors (Lipinski definition) is 3. The van der Waals surface area contributed by atoms with Gasteiger partial charge in [-0.15, -0.1) is 0 Å². The van der Waals surface area contributed by atoms with Crippen LogP contribution in [-0.2, 0) is 14.3 Å². The minimum atomic E-state index is -0.228. The van der Waals surface area contributed by atoms with Crippen molar-refractivity contribution < 1.29 is 14.3 Å². The summed E-state index contributed by atoms with van der Waals surface area (Å²) in [5.74, 6) is 1.86. The zero-order chi connectivity index (χ0) is 24.0. The fraction of sp³-hybridized carbons (Fsp3) is 0.800. The van der Waals surface area contributed by atoms with E-state index in [0.29, 0.717) is 23.5 Å². The lowest BCUT2D eigenvalue weighted by atomic mass is 9.41. The number of carbonyl (C=O) groups excluding carboxylic acids is 2. The SMILES string of the molecule is CC(C)=CCC[C@H]1C(=O)O[C@H]2C[C@]3(C)C4=CC[C@H]5C(C)(C)C(=O)CC[C@]5(C)[C@@H]4CC[C@@]3(C)[C@H]21. The molecule has 0 N–H and O–H groups in total. The Kier molecular flexibility index (Phi) is 5.18. The van der Waals surface area contributed by atoms with E-state index >= 15 is 0 Å². The lowest BCUT2D eigenvalue weighted by molar-refractivity contribution is -0.147. The van der Waals surface area contributed by atoms with Gasteiger partial charge in [-0.1, -0.05) is 57.9 Å². The molecule has 3 nitrogen and oxygen atoms in total. The van der Waals surface area contributed by atoms with Crippen LogP contribution in [0.25, 0.3) is 0 Å². The van der Waals surface area contributed by atoms with Crippen molar-refractivity contribution >= 4 is 11.8 Å². The topological polar surface area (TPSA) is 43.4 Å². The van der Waals surface area contributed by atoms with Gasteiger partial charge >= 0.3 is 5.97 Å². The maximum absolute atomic E-state index is 12.9. The van der Waals surface area contributed by atoms with E-state index < -0.39 is 0 Å². The van der Waals surface area contributed by atoms with Crippen molar-refractivity contribution in [1.29, 1.82) is 0 Å². The monoisotopic (exact) mass is 452 g/mol. The molecule has 3 heteroatoms. The van der Waals surface area contributed by atoms with Gasteiger partial charge in [-0.25, -0.2) is 0 Å². The third-order valence-electron chi connectivity index (χ3n) is 11.7. The molecule has 5 rings (SSSR count). The Balaban J connectivity index is 1.49. The molecule has 1 aliphatic heterocycles. The Morgan fingerprint density at radius 3 is 2.55 bits per heavy atom. The van der Waals surface area contributed by atoms with Crippen LogP contribution in [0.15, 0.2) is 23.3 Å². The average molecular weight is 453 g/mol. The van der Waals surface area contributed by atoms with E-state index in [1.54, 1.807) is 5.57 Å². The maximum atomic E-state index is 12.9. The van der Waals surface area contributed by atoms with Crippen LogP contribution in [0.4, 0.5) is 0 Å². The van der Waals surface area contributed by atoms with E-state index in [1.165, 1.54) is 18.4 Å². The van der Waals surface area contributed by atoms with Crippen LogP contribution >= 0.6 is 0 Å². The molecule has 3 saturated carbocycles. The maximum Gasteiger partial charge on any atom is 0.309 e. The number of carbonyl (C=O) groups is 2. The highest BCUT2D eigenvalue weighted by Gasteiger charge is 2.70. The zero-order valence-electron chi connectivity index (χ0n) is 21.9. The van der Waals surface area contributed by atoms with Gasteiger partial charge in [0.2, 0.25) is 0 Å². The van der Waals surface area contributed by atoms with Crippen LogP contribution in [0.3, 0.4) is 0 Å². The van der Waals surface area contributed by atoms with Gasteiger partial charge in [0.1, 0.15) is 11.9 Å². The number of Topliss-reactive ketones (excluding diaryl/α,β-unsaturated/α-hetero) is 1. The summed E-state index contributed by atoms with van der Waals surface area (Å²) in [4.78, 5) is 25.7. The number of ether oxygens (including phenoxy) is 1. The Hall–Kier alpha value is -1.38. The second kappa shape index (κ2) is 7.31. The summed E-state index contributed by atoms with van der Waals surface area (Å²) in [5, 5.41) is 0. The molecular weight excluding hydrogens is 408 g/mol. The Labute approximate surface area is 200 Å². The second-order valence-electron chi connectivity index (χ2n) is 13.6. The molecule has 8 atom stereocenters. The van der Waals surface area contributed by atoms with Crippen LogP contribution in [-0.4, -0.2) is 17.9 Å². The number of esters is 1. The molecule has 5 aliphatic rings. The first-order chi connectivity index (χ1) is 15.4. The van der Waals surface area contributed by atoms with Crippen LogP contribution < -0.4 is 0 Å². The van der Waals surface area contributed by atoms with E-state index in [1.807, 2.05) is 0 Å². The molecule has 1 saturated heterocycles. The molecule has 182 valence electrons. The third-order valence-corrected chi connectivity index (χ3v) is 11.7. The molecule has 4 aliphatic carbocycles. The van der Waals surface area contributed by atoms with E-state index in [0.717, 1.165) is 38.5 Å². The molecule has 0 aromatic heterocycles. The van der Waals surface area contributed by atoms with Gasteiger partial charge in [0, 0.05) is 17.8 Å². The molecule has 0 unspecified atom stereocenters. The highest BCUT2D eigenvalue weighted by Crippen LogP contribution is 2.74. The quantitative estimate of drug-likeness (QED) is 0.340. The van der Waals surface area contributed by atoms with Gasteiger partial charge in [-0.05, 0) is 86.9 Å². The lowest BCUT2D eigenvalue weighted by Gasteiger charge is -2.63. The van der Waals surface area contributed by atoms with E-state index in [9.17, 15) is 9.59 Å². The van der Waals surface area contributed by atoms with E-state index in [4.69, 9.17) is 4.74 Å². The second-order valence-corrected chi connectivity index (χ2v) is 13.6. The van der Waals surface area contributed by atoms with E-state index in [2.05, 4.69) is 60.6 Å². The Morgan fingerprint density at radius 2 is 1.85 bits per heavy atom. The predicted molar refractivity (Wildman–Crippen MR) is 131 cm³/mol. The average Bonchev–Trinajstić information content (AvgIpc) is 3.14. The minimum absolute atomic E-state index is 0.0349. The number of allylic oxidation sites excluding steroid dienone is 4. The van der Waals surface area contributed by atoms with Crippen molar-refractivity contribution in [3.8, 4) is 0 Å². The van der Waals surface area contributed by atoms with Gasteiger partial charge in [-0.2, -0.15) is 0 Å². The van der Waals surface area contributed by atoms with Crippen molar-refractivity contribution in [2.24, 2.45) is 45.3 Å². The van der Waals surface area contributed by atoms with Crippen LogP contribution in [0.2, 0.25) is 0 Å². The molecular formula is C30H44O3. The molecule has 0 amide bonds. The molecule has 0 bridgehead atoms. The smallest absolute Gasteiger partial charge is 0.309 e. The van der Waals surface area contributed by atoms with Crippen molar-refractivity contribution in [2.75, 3.05) is 0 Å². The van der Waals surface area contributed by atoms with E-state index in [-0.39, 0.29) is 39.7 Å². The highest BCUT2D eigenvalue weighted by molar-refractivity contribution is 5.85. The van der Waals surface area contributed by atoms with Crippen molar-refractivity contribution in [3.63, 3.8) is 0 Å². The molecule has 0 aromatic rings. The largest absolute Gasteiger partial charge is 0.462 e. The summed E-state index contributed by atoms with van der Waals surface area (Å²) in [6.07, 6.45) is 12.9. The van der Waals surface area contributed by atoms with Gasteiger partial charge in [-0.3, -0.25) is 9.59 Å². The normalized spacial score (nSPS) is 47.6. The number of ketones is 1. The van der Waals surface area contributed by atoms with Gasteiger partial charge in [0.25, 0.3) is 0 Å². The summed E-state index contributed by atoms with van der Waals surface area (Å²) < 4.78 is 6.10. The fourth-order valence-corrected chi connectivity index (χ4v) is 9.64. The molecule has 0 spiro atoms. The van der Waals surface area contributed by atoms with Crippen molar-refractivity contribution in [2.45, 2.75) is 106 Å². The van der Waals surface area contributed by atoms with Gasteiger partial charge in [0.05, 0.1) is 5.92 Å². The van der Waals surface area contributed by atoms with Crippen molar-refractivity contribution in [3.05, 3.63) is 23.3 Å². The van der Waals surface area contributed by atoms with Gasteiger partial charge < -0.3 is 4.74 Å². The first kappa shape index (κ1) is 23.4. The minimum Gasteiger partial charge on any atom is -0.462 e. The number of fused-ring (bicyclic) bond motifs is 7. The first-order valence-corrected chi connectivity index (χ1v) is 13.4. The van der Waals surface area contributed by atoms with Crippen molar-refractivity contribution in [1.82, 2.24) is 0 Å². The lowest BCUT2D eigenvalue weighted by Crippen LogP contribution is -2.57. The molecule has 4 fully saturated rings. The standard InChI is InChI=1S/C30H44O3/c1-18(2)9-8-10-19-25-22(33-26(19)32)17-30(7)21-11-12-23-27(3,4)24(31)14-15-28(23,5)20(21)13-16-29(25,30)6/h9,11,19-20,22-23,25H,8,10,12-17H2,1-7H3/t19-,20-,22+,23+,25+,28-,29+,30-/m1/s1. The fourth-order valence-electron chi connectivity index (χ4n) is 9.64. The summed E-state index contributed by atoms with van der Waals surface area (Å²) >= 11 is 0. The van der Waals surface area contributed by atoms with Gasteiger partial charge in [0.15, 0.2) is 0 Å². The summed E-state index contributed by atoms with van der Waals surface area (Å²) in [6.45, 7) is 16.1. The zero-order valence-corrected chi connectivity index (χ0v) is 21.9. The summed E-state index contributed by atoms with van der Waals surface area (Å²) in [7, 11) is 0. The molecule has 1 heterocycles. The van der Waals surface area contributed by atoms with Crippen LogP contribution in [0, 0.1) is 45.3 Å². The Morgan fingerprint density at radius 1 is 1.12 bits per heavy atom. The number of hydrogen-bond donors (Lipinski definition) is 0. The summed E-state index contributed by atoms with van der Waals surface area (Å²) in [5.41, 5.74) is 3.13. The predicted octanol–water partition coefficient (Wildman–Crippen LogP) is 7.06. The van der Waals surface area contributed by atoms with Crippen LogP contribution in [0.1, 0.15) is 99.8 Å². The first-order valence-electron chi connectivity index (χ1n) is 13.4. The molecule has 33 heavy (non-hydrogen) atoms. The molecule has 0 radical (unpaired) electrons. The highest BCUT2D eigenvalue weighted by atomic mass is 16.6. The Bertz CT molecular complexity index is 936.